The van der Waals surface area contributed by atoms with E-state index in [0.29, 0.717) is 0 Å². The fourth-order valence-corrected chi connectivity index (χ4v) is 0.790. The number of hydrogen-bond donors (Lipinski definition) is 0. The highest BCUT2D eigenvalue weighted by atomic mass is 32.2. The van der Waals surface area contributed by atoms with Gasteiger partial charge in [0.1, 0.15) is 5.28 Å². The first-order valence-corrected chi connectivity index (χ1v) is 5.26. The minimum atomic E-state index is -4.41. The third-order valence-electron chi connectivity index (χ3n) is 1.12. The molecular formula is C6H4N6O5S. The van der Waals surface area contributed by atoms with Crippen LogP contribution in [0.1, 0.15) is 0 Å². The fraction of sp³-hybridized carbons (Fsp3) is 0. The summed E-state index contributed by atoms with van der Waals surface area (Å²) >= 11 is 0. The molecule has 0 bridgehead atoms. The zero-order chi connectivity index (χ0) is 14.0. The Bertz CT molecular complexity index is 554. The number of carbonyl (C=O) groups excluding carboxylic acids is 2. The molecule has 1 aliphatic rings. The van der Waals surface area contributed by atoms with Gasteiger partial charge in [-0.1, -0.05) is 0 Å². The summed E-state index contributed by atoms with van der Waals surface area (Å²) in [7, 11) is -4.41. The van der Waals surface area contributed by atoms with Gasteiger partial charge in [0.2, 0.25) is 0 Å². The van der Waals surface area contributed by atoms with E-state index >= 15 is 0 Å². The van der Waals surface area contributed by atoms with Gasteiger partial charge in [-0.25, -0.2) is 0 Å². The van der Waals surface area contributed by atoms with E-state index in [2.05, 4.69) is 14.1 Å². The maximum atomic E-state index is 10.3. The molecule has 0 saturated heterocycles. The summed E-state index contributed by atoms with van der Waals surface area (Å²) in [4.78, 5) is 24.4. The van der Waals surface area contributed by atoms with Crippen LogP contribution < -0.4 is 0 Å². The van der Waals surface area contributed by atoms with Crippen molar-refractivity contribution >= 4 is 21.9 Å². The number of allylic oxidation sites excluding steroid dienone is 4. The number of ketones is 2. The molecule has 0 radical (unpaired) electrons. The molecule has 0 atom stereocenters. The second-order valence-electron chi connectivity index (χ2n) is 2.32. The Morgan fingerprint density at radius 3 is 1.78 bits per heavy atom. The van der Waals surface area contributed by atoms with E-state index in [1.807, 2.05) is 9.82 Å². The van der Waals surface area contributed by atoms with Gasteiger partial charge < -0.3 is 4.28 Å². The Kier molecular flexibility index (Phi) is 6.30. The molecule has 1 rings (SSSR count). The van der Waals surface area contributed by atoms with E-state index in [1.54, 1.807) is 0 Å². The molecule has 0 amide bonds. The molecule has 0 aromatic rings. The molecule has 0 N–H and O–H groups in total. The summed E-state index contributed by atoms with van der Waals surface area (Å²) in [6.07, 6.45) is 5.01. The van der Waals surface area contributed by atoms with Crippen molar-refractivity contribution in [1.29, 1.82) is 0 Å². The first kappa shape index (κ1) is 15.2. The lowest BCUT2D eigenvalue weighted by Gasteiger charge is -1.87. The molecule has 0 aliphatic heterocycles. The summed E-state index contributed by atoms with van der Waals surface area (Å²) in [5.41, 5.74) is 15.1. The van der Waals surface area contributed by atoms with E-state index in [4.69, 9.17) is 11.1 Å². The van der Waals surface area contributed by atoms with Crippen molar-refractivity contribution in [3.05, 3.63) is 45.2 Å². The number of rotatable bonds is 3. The topological polar surface area (TPSA) is 175 Å². The Morgan fingerprint density at radius 2 is 1.44 bits per heavy atom. The van der Waals surface area contributed by atoms with Gasteiger partial charge in [-0.15, -0.1) is 0 Å². The van der Waals surface area contributed by atoms with Crippen molar-refractivity contribution in [1.82, 2.24) is 0 Å². The molecule has 1 aliphatic carbocycles. The van der Waals surface area contributed by atoms with Gasteiger partial charge in [0.15, 0.2) is 11.6 Å². The fourth-order valence-electron chi connectivity index (χ4n) is 0.556. The molecule has 11 nitrogen and oxygen atoms in total. The second-order valence-corrected chi connectivity index (χ2v) is 3.48. The van der Waals surface area contributed by atoms with Crippen molar-refractivity contribution in [2.24, 2.45) is 9.80 Å². The van der Waals surface area contributed by atoms with Crippen LogP contribution in [0.25, 0.3) is 20.9 Å². The first-order chi connectivity index (χ1) is 8.41. The molecular weight excluding hydrogens is 268 g/mol. The molecule has 0 fully saturated rings. The molecule has 94 valence electrons. The third-order valence-corrected chi connectivity index (χ3v) is 1.65. The summed E-state index contributed by atoms with van der Waals surface area (Å²) < 4.78 is 25.7. The maximum absolute atomic E-state index is 10.3. The van der Waals surface area contributed by atoms with Crippen LogP contribution in [0, 0.1) is 0 Å². The van der Waals surface area contributed by atoms with Crippen LogP contribution >= 0.6 is 0 Å². The van der Waals surface area contributed by atoms with E-state index in [9.17, 15) is 18.0 Å². The number of carbonyl (C=O) groups is 2. The van der Waals surface area contributed by atoms with Crippen LogP contribution in [0.3, 0.4) is 0 Å². The summed E-state index contributed by atoms with van der Waals surface area (Å²) in [5.74, 6) is -0.241. The van der Waals surface area contributed by atoms with E-state index in [-0.39, 0.29) is 11.6 Å². The highest BCUT2D eigenvalue weighted by Crippen LogP contribution is 1.94. The van der Waals surface area contributed by atoms with Gasteiger partial charge in [-0.05, 0) is 35.4 Å². The van der Waals surface area contributed by atoms with Crippen molar-refractivity contribution in [3.8, 4) is 0 Å². The lowest BCUT2D eigenvalue weighted by Crippen LogP contribution is -1.97. The zero-order valence-corrected chi connectivity index (χ0v) is 9.26. The van der Waals surface area contributed by atoms with E-state index in [1.165, 1.54) is 24.3 Å². The molecule has 18 heavy (non-hydrogen) atoms. The zero-order valence-electron chi connectivity index (χ0n) is 8.44. The SMILES string of the molecule is O=C1C=CC(=O)C=C1.[N-]=[N+]=NOS(=O)(=O)N=[N+]=[N-]. The lowest BCUT2D eigenvalue weighted by molar-refractivity contribution is -0.113. The minimum absolute atomic E-state index is 0.121. The van der Waals surface area contributed by atoms with E-state index < -0.39 is 10.3 Å². The highest BCUT2D eigenvalue weighted by molar-refractivity contribution is 7.85. The van der Waals surface area contributed by atoms with Crippen LogP contribution in [0.4, 0.5) is 0 Å². The van der Waals surface area contributed by atoms with Crippen LogP contribution in [0.5, 0.6) is 0 Å². The quantitative estimate of drug-likeness (QED) is 0.244. The molecule has 0 aromatic carbocycles. The molecule has 0 unspecified atom stereocenters. The maximum Gasteiger partial charge on any atom is 0.409 e. The average Bonchev–Trinajstić information content (AvgIpc) is 2.31. The summed E-state index contributed by atoms with van der Waals surface area (Å²) in [6, 6.07) is 0. The average molecular weight is 272 g/mol. The van der Waals surface area contributed by atoms with Crippen molar-refractivity contribution in [2.75, 3.05) is 0 Å². The summed E-state index contributed by atoms with van der Waals surface area (Å²) in [5, 5.41) is 2.19. The lowest BCUT2D eigenvalue weighted by atomic mass is 10.2. The van der Waals surface area contributed by atoms with Crippen LogP contribution in [0.2, 0.25) is 0 Å². The van der Waals surface area contributed by atoms with Crippen LogP contribution in [-0.4, -0.2) is 20.0 Å². The molecule has 0 spiro atoms. The monoisotopic (exact) mass is 272 g/mol. The number of nitrogens with zero attached hydrogens (tertiary/aromatic N) is 6. The van der Waals surface area contributed by atoms with Gasteiger partial charge >= 0.3 is 10.3 Å². The van der Waals surface area contributed by atoms with Gasteiger partial charge in [-0.2, -0.15) is 8.42 Å². The van der Waals surface area contributed by atoms with Gasteiger partial charge in [0.25, 0.3) is 0 Å². The van der Waals surface area contributed by atoms with Crippen LogP contribution in [0.15, 0.2) is 34.1 Å². The summed E-state index contributed by atoms with van der Waals surface area (Å²) in [6.45, 7) is 0. The Hall–Kier alpha value is -2.81. The second kappa shape index (κ2) is 7.46. The Morgan fingerprint density at radius 1 is 1.00 bits per heavy atom. The first-order valence-electron chi connectivity index (χ1n) is 3.89. The van der Waals surface area contributed by atoms with Gasteiger partial charge in [0, 0.05) is 9.82 Å². The Balaban J connectivity index is 0.000000327. The molecule has 0 aromatic heterocycles. The van der Waals surface area contributed by atoms with Crippen molar-refractivity contribution in [3.63, 3.8) is 0 Å². The number of hydrogen-bond acceptors (Lipinski definition) is 6. The van der Waals surface area contributed by atoms with Gasteiger partial charge in [-0.3, -0.25) is 9.59 Å². The molecule has 0 saturated carbocycles. The predicted molar refractivity (Wildman–Crippen MR) is 56.6 cm³/mol. The van der Waals surface area contributed by atoms with Crippen molar-refractivity contribution < 1.29 is 22.3 Å². The molecule has 12 heteroatoms. The third kappa shape index (κ3) is 7.48. The minimum Gasteiger partial charge on any atom is -0.304 e. The Labute approximate surface area is 99.8 Å². The smallest absolute Gasteiger partial charge is 0.304 e. The van der Waals surface area contributed by atoms with E-state index in [0.717, 1.165) is 0 Å². The van der Waals surface area contributed by atoms with Crippen molar-refractivity contribution in [2.45, 2.75) is 0 Å². The van der Waals surface area contributed by atoms with Gasteiger partial charge in [0.05, 0.1) is 4.52 Å². The largest absolute Gasteiger partial charge is 0.409 e. The van der Waals surface area contributed by atoms with Crippen LogP contribution in [-0.2, 0) is 24.2 Å². The standard InChI is InChI=1S/C6H4O2.N6O3S/c7-5-1-2-6(8)4-3-5;1-3-5-9-10(7,8)6-4-2/h1-4H;. The molecule has 0 heterocycles. The highest BCUT2D eigenvalue weighted by Gasteiger charge is 2.04. The predicted octanol–water partition coefficient (Wildman–Crippen LogP) is 1.03. The number of azide groups is 2. The normalized spacial score (nSPS) is 12.7.